The van der Waals surface area contributed by atoms with Crippen LogP contribution in [0.4, 0.5) is 0 Å². The first-order chi connectivity index (χ1) is 9.06. The summed E-state index contributed by atoms with van der Waals surface area (Å²) < 4.78 is 5.27. The fourth-order valence-corrected chi connectivity index (χ4v) is 1.57. The Hall–Kier alpha value is -1.10. The van der Waals surface area contributed by atoms with Gasteiger partial charge in [-0.15, -0.1) is 0 Å². The summed E-state index contributed by atoms with van der Waals surface area (Å²) in [6, 6.07) is 0. The molecule has 0 rings (SSSR count). The summed E-state index contributed by atoms with van der Waals surface area (Å²) in [4.78, 5) is 22.5. The Labute approximate surface area is 116 Å². The minimum atomic E-state index is 0.000205. The maximum absolute atomic E-state index is 11.4. The number of amides is 2. The zero-order valence-corrected chi connectivity index (χ0v) is 12.5. The molecule has 0 aliphatic heterocycles. The van der Waals surface area contributed by atoms with Gasteiger partial charge in [0.1, 0.15) is 0 Å². The van der Waals surface area contributed by atoms with Crippen LogP contribution in [0.25, 0.3) is 0 Å². The van der Waals surface area contributed by atoms with Crippen LogP contribution in [-0.2, 0) is 14.3 Å². The highest BCUT2D eigenvalue weighted by atomic mass is 16.5. The molecular formula is C14H28N2O3. The second-order valence-corrected chi connectivity index (χ2v) is 4.95. The van der Waals surface area contributed by atoms with E-state index in [0.717, 1.165) is 12.8 Å². The molecule has 112 valence electrons. The lowest BCUT2D eigenvalue weighted by molar-refractivity contribution is -0.123. The first-order valence-electron chi connectivity index (χ1n) is 7.17. The summed E-state index contributed by atoms with van der Waals surface area (Å²) in [5.41, 5.74) is 0. The van der Waals surface area contributed by atoms with Crippen molar-refractivity contribution in [3.05, 3.63) is 0 Å². The van der Waals surface area contributed by atoms with Crippen LogP contribution in [-0.4, -0.2) is 38.1 Å². The van der Waals surface area contributed by atoms with Gasteiger partial charge in [0.25, 0.3) is 0 Å². The molecule has 0 fully saturated rings. The highest BCUT2D eigenvalue weighted by Crippen LogP contribution is 2.05. The van der Waals surface area contributed by atoms with Crippen molar-refractivity contribution in [2.24, 2.45) is 5.92 Å². The van der Waals surface area contributed by atoms with Crippen LogP contribution in [0.3, 0.4) is 0 Å². The highest BCUT2D eigenvalue weighted by molar-refractivity contribution is 5.76. The van der Waals surface area contributed by atoms with Crippen molar-refractivity contribution >= 4 is 11.8 Å². The molecule has 0 aromatic heterocycles. The van der Waals surface area contributed by atoms with Crippen molar-refractivity contribution in [2.75, 3.05) is 26.3 Å². The van der Waals surface area contributed by atoms with E-state index in [4.69, 9.17) is 4.74 Å². The van der Waals surface area contributed by atoms with Crippen molar-refractivity contribution in [3.8, 4) is 0 Å². The van der Waals surface area contributed by atoms with Crippen LogP contribution in [0.5, 0.6) is 0 Å². The Bertz CT molecular complexity index is 255. The minimum Gasteiger partial charge on any atom is -0.379 e. The number of ether oxygens (including phenoxy) is 1. The van der Waals surface area contributed by atoms with E-state index >= 15 is 0 Å². The van der Waals surface area contributed by atoms with E-state index in [0.29, 0.717) is 45.1 Å². The lowest BCUT2D eigenvalue weighted by Crippen LogP contribution is -2.28. The fourth-order valence-electron chi connectivity index (χ4n) is 1.57. The first kappa shape index (κ1) is 17.9. The predicted octanol–water partition coefficient (Wildman–Crippen LogP) is 1.47. The number of carbonyl (C=O) groups excluding carboxylic acids is 2. The second-order valence-electron chi connectivity index (χ2n) is 4.95. The SMILES string of the molecule is CCNC(=O)CCOCCNC(=O)CCCC(C)C. The lowest BCUT2D eigenvalue weighted by atomic mass is 10.1. The normalized spacial score (nSPS) is 10.5. The van der Waals surface area contributed by atoms with Crippen LogP contribution < -0.4 is 10.6 Å². The number of hydrogen-bond acceptors (Lipinski definition) is 3. The largest absolute Gasteiger partial charge is 0.379 e. The highest BCUT2D eigenvalue weighted by Gasteiger charge is 2.02. The summed E-state index contributed by atoms with van der Waals surface area (Å²) in [5.74, 6) is 0.721. The van der Waals surface area contributed by atoms with Crippen molar-refractivity contribution in [1.82, 2.24) is 10.6 Å². The average Bonchev–Trinajstić information content (AvgIpc) is 2.33. The number of nitrogens with one attached hydrogen (secondary N) is 2. The third-order valence-corrected chi connectivity index (χ3v) is 2.60. The summed E-state index contributed by atoms with van der Waals surface area (Å²) in [6.45, 7) is 8.19. The molecule has 0 radical (unpaired) electrons. The van der Waals surface area contributed by atoms with Gasteiger partial charge in [0, 0.05) is 25.9 Å². The summed E-state index contributed by atoms with van der Waals surface area (Å²) in [6.07, 6.45) is 2.96. The summed E-state index contributed by atoms with van der Waals surface area (Å²) in [7, 11) is 0. The van der Waals surface area contributed by atoms with Crippen LogP contribution in [0.1, 0.15) is 46.5 Å². The molecule has 0 saturated carbocycles. The monoisotopic (exact) mass is 272 g/mol. The van der Waals surface area contributed by atoms with Crippen LogP contribution >= 0.6 is 0 Å². The van der Waals surface area contributed by atoms with Gasteiger partial charge in [-0.25, -0.2) is 0 Å². The third kappa shape index (κ3) is 13.1. The van der Waals surface area contributed by atoms with Gasteiger partial charge in [-0.3, -0.25) is 9.59 Å². The smallest absolute Gasteiger partial charge is 0.222 e. The minimum absolute atomic E-state index is 0.000205. The maximum Gasteiger partial charge on any atom is 0.222 e. The molecule has 0 aliphatic carbocycles. The molecule has 2 N–H and O–H groups in total. The standard InChI is InChI=1S/C14H28N2O3/c1-4-15-14(18)8-10-19-11-9-16-13(17)7-5-6-12(2)3/h12H,4-11H2,1-3H3,(H,15,18)(H,16,17). The van der Waals surface area contributed by atoms with Crippen LogP contribution in [0.2, 0.25) is 0 Å². The van der Waals surface area contributed by atoms with E-state index in [1.807, 2.05) is 6.92 Å². The topological polar surface area (TPSA) is 67.4 Å². The van der Waals surface area contributed by atoms with Crippen LogP contribution in [0, 0.1) is 5.92 Å². The Morgan fingerprint density at radius 2 is 1.74 bits per heavy atom. The Kier molecular flexibility index (Phi) is 11.3. The van der Waals surface area contributed by atoms with E-state index < -0.39 is 0 Å². The van der Waals surface area contributed by atoms with Gasteiger partial charge in [-0.05, 0) is 19.3 Å². The molecule has 0 heterocycles. The molecular weight excluding hydrogens is 244 g/mol. The van der Waals surface area contributed by atoms with Gasteiger partial charge in [-0.1, -0.05) is 20.3 Å². The molecule has 2 amide bonds. The van der Waals surface area contributed by atoms with Crippen molar-refractivity contribution in [1.29, 1.82) is 0 Å². The first-order valence-corrected chi connectivity index (χ1v) is 7.17. The molecule has 0 aliphatic rings. The third-order valence-electron chi connectivity index (χ3n) is 2.60. The Balaban J connectivity index is 3.29. The van der Waals surface area contributed by atoms with Gasteiger partial charge in [0.05, 0.1) is 13.2 Å². The molecule has 5 nitrogen and oxygen atoms in total. The predicted molar refractivity (Wildman–Crippen MR) is 75.8 cm³/mol. The molecule has 5 heteroatoms. The second kappa shape index (κ2) is 12.0. The van der Waals surface area contributed by atoms with E-state index in [1.165, 1.54) is 0 Å². The molecule has 19 heavy (non-hydrogen) atoms. The van der Waals surface area contributed by atoms with Crippen LogP contribution in [0.15, 0.2) is 0 Å². The van der Waals surface area contributed by atoms with E-state index in [9.17, 15) is 9.59 Å². The molecule has 0 unspecified atom stereocenters. The van der Waals surface area contributed by atoms with Gasteiger partial charge in [0.2, 0.25) is 11.8 Å². The summed E-state index contributed by atoms with van der Waals surface area (Å²) in [5, 5.41) is 5.50. The number of hydrogen-bond donors (Lipinski definition) is 2. The number of carbonyl (C=O) groups is 2. The molecule has 0 spiro atoms. The molecule has 0 aromatic carbocycles. The maximum atomic E-state index is 11.4. The van der Waals surface area contributed by atoms with E-state index in [2.05, 4.69) is 24.5 Å². The van der Waals surface area contributed by atoms with Crippen molar-refractivity contribution in [2.45, 2.75) is 46.5 Å². The molecule has 0 aromatic rings. The summed E-state index contributed by atoms with van der Waals surface area (Å²) >= 11 is 0. The number of rotatable bonds is 11. The Morgan fingerprint density at radius 3 is 2.37 bits per heavy atom. The van der Waals surface area contributed by atoms with Gasteiger partial charge in [0.15, 0.2) is 0 Å². The molecule has 0 saturated heterocycles. The molecule has 0 atom stereocenters. The fraction of sp³-hybridized carbons (Fsp3) is 0.857. The van der Waals surface area contributed by atoms with E-state index in [-0.39, 0.29) is 11.8 Å². The Morgan fingerprint density at radius 1 is 1.05 bits per heavy atom. The zero-order valence-electron chi connectivity index (χ0n) is 12.5. The molecule has 0 bridgehead atoms. The lowest BCUT2D eigenvalue weighted by Gasteiger charge is -2.07. The van der Waals surface area contributed by atoms with Gasteiger partial charge in [-0.2, -0.15) is 0 Å². The average molecular weight is 272 g/mol. The van der Waals surface area contributed by atoms with Crippen molar-refractivity contribution in [3.63, 3.8) is 0 Å². The van der Waals surface area contributed by atoms with Crippen molar-refractivity contribution < 1.29 is 14.3 Å². The van der Waals surface area contributed by atoms with Gasteiger partial charge < -0.3 is 15.4 Å². The van der Waals surface area contributed by atoms with E-state index in [1.54, 1.807) is 0 Å². The zero-order chi connectivity index (χ0) is 14.5. The van der Waals surface area contributed by atoms with Gasteiger partial charge >= 0.3 is 0 Å². The quantitative estimate of drug-likeness (QED) is 0.560.